The third kappa shape index (κ3) is 4.35. The molecular weight excluding hydrogens is 274 g/mol. The summed E-state index contributed by atoms with van der Waals surface area (Å²) < 4.78 is 5.52. The zero-order chi connectivity index (χ0) is 16.1. The first-order valence-electron chi connectivity index (χ1n) is 7.51. The molecule has 0 aromatic heterocycles. The Morgan fingerprint density at radius 1 is 1.09 bits per heavy atom. The minimum Gasteiger partial charge on any atom is -0.484 e. The molecule has 0 radical (unpaired) electrons. The van der Waals surface area contributed by atoms with Gasteiger partial charge in [-0.3, -0.25) is 4.79 Å². The van der Waals surface area contributed by atoms with Crippen LogP contribution >= 0.6 is 0 Å². The van der Waals surface area contributed by atoms with Gasteiger partial charge in [-0.1, -0.05) is 35.9 Å². The normalized spacial score (nSPS) is 11.8. The van der Waals surface area contributed by atoms with E-state index in [9.17, 15) is 4.79 Å². The molecule has 0 saturated heterocycles. The average Bonchev–Trinajstić information content (AvgIpc) is 2.45. The summed E-state index contributed by atoms with van der Waals surface area (Å²) in [5.41, 5.74) is 4.66. The molecule has 2 rings (SSSR count). The van der Waals surface area contributed by atoms with Crippen molar-refractivity contribution < 1.29 is 9.53 Å². The Balaban J connectivity index is 1.91. The fourth-order valence-electron chi connectivity index (χ4n) is 2.53. The molecule has 22 heavy (non-hydrogen) atoms. The van der Waals surface area contributed by atoms with Crippen LogP contribution in [0.5, 0.6) is 5.75 Å². The number of benzene rings is 2. The van der Waals surface area contributed by atoms with Gasteiger partial charge in [-0.2, -0.15) is 0 Å². The average molecular weight is 297 g/mol. The Kier molecular flexibility index (Phi) is 5.21. The fraction of sp³-hybridized carbons (Fsp3) is 0.316. The Morgan fingerprint density at radius 2 is 1.82 bits per heavy atom. The van der Waals surface area contributed by atoms with Crippen LogP contribution in [-0.4, -0.2) is 12.5 Å². The molecule has 3 nitrogen and oxygen atoms in total. The van der Waals surface area contributed by atoms with Gasteiger partial charge >= 0.3 is 0 Å². The van der Waals surface area contributed by atoms with Gasteiger partial charge in [0.05, 0.1) is 6.04 Å². The highest BCUT2D eigenvalue weighted by atomic mass is 16.5. The molecule has 1 atom stereocenters. The number of carbonyl (C=O) groups excluding carboxylic acids is 1. The summed E-state index contributed by atoms with van der Waals surface area (Å²) in [6.45, 7) is 8.14. The van der Waals surface area contributed by atoms with Gasteiger partial charge in [0, 0.05) is 0 Å². The molecule has 0 fully saturated rings. The lowest BCUT2D eigenvalue weighted by Crippen LogP contribution is -2.31. The third-order valence-electron chi connectivity index (χ3n) is 3.63. The van der Waals surface area contributed by atoms with E-state index in [2.05, 4.69) is 37.4 Å². The van der Waals surface area contributed by atoms with Crippen LogP contribution in [0.4, 0.5) is 0 Å². The smallest absolute Gasteiger partial charge is 0.258 e. The molecule has 0 aliphatic heterocycles. The number of aryl methyl sites for hydroxylation is 3. The predicted molar refractivity (Wildman–Crippen MR) is 89.1 cm³/mol. The molecule has 3 heteroatoms. The topological polar surface area (TPSA) is 38.3 Å². The largest absolute Gasteiger partial charge is 0.484 e. The summed E-state index contributed by atoms with van der Waals surface area (Å²) in [5.74, 6) is 0.600. The standard InChI is InChI=1S/C19H23NO2/c1-13-6-5-7-17(11-13)22-12-19(21)20-16(4)18-9-8-14(2)10-15(18)3/h5-11,16H,12H2,1-4H3,(H,20,21)/t16-/m1/s1. The van der Waals surface area contributed by atoms with Gasteiger partial charge in [0.1, 0.15) is 5.75 Å². The van der Waals surface area contributed by atoms with Crippen molar-refractivity contribution >= 4 is 5.91 Å². The summed E-state index contributed by atoms with van der Waals surface area (Å²) in [6.07, 6.45) is 0. The number of nitrogens with one attached hydrogen (secondary N) is 1. The lowest BCUT2D eigenvalue weighted by atomic mass is 10.0. The molecule has 0 aliphatic carbocycles. The Bertz CT molecular complexity index is 664. The molecule has 0 bridgehead atoms. The van der Waals surface area contributed by atoms with E-state index in [1.165, 1.54) is 11.1 Å². The van der Waals surface area contributed by atoms with Crippen LogP contribution in [0.1, 0.15) is 35.2 Å². The van der Waals surface area contributed by atoms with Crippen LogP contribution in [-0.2, 0) is 4.79 Å². The van der Waals surface area contributed by atoms with E-state index in [1.807, 2.05) is 38.1 Å². The van der Waals surface area contributed by atoms with Crippen molar-refractivity contribution in [2.45, 2.75) is 33.7 Å². The van der Waals surface area contributed by atoms with Gasteiger partial charge < -0.3 is 10.1 Å². The summed E-state index contributed by atoms with van der Waals surface area (Å²) in [7, 11) is 0. The van der Waals surface area contributed by atoms with Crippen molar-refractivity contribution in [1.29, 1.82) is 0 Å². The lowest BCUT2D eigenvalue weighted by Gasteiger charge is -2.17. The molecule has 2 aromatic rings. The van der Waals surface area contributed by atoms with Crippen LogP contribution < -0.4 is 10.1 Å². The zero-order valence-corrected chi connectivity index (χ0v) is 13.6. The highest BCUT2D eigenvalue weighted by Gasteiger charge is 2.12. The van der Waals surface area contributed by atoms with Crippen molar-refractivity contribution in [3.05, 3.63) is 64.7 Å². The molecule has 0 spiro atoms. The van der Waals surface area contributed by atoms with E-state index in [-0.39, 0.29) is 18.6 Å². The van der Waals surface area contributed by atoms with Gasteiger partial charge in [-0.05, 0) is 56.5 Å². The molecule has 0 aliphatic rings. The Hall–Kier alpha value is -2.29. The number of rotatable bonds is 5. The lowest BCUT2D eigenvalue weighted by molar-refractivity contribution is -0.123. The predicted octanol–water partition coefficient (Wildman–Crippen LogP) is 3.87. The van der Waals surface area contributed by atoms with Crippen LogP contribution in [0.15, 0.2) is 42.5 Å². The maximum absolute atomic E-state index is 12.0. The summed E-state index contributed by atoms with van der Waals surface area (Å²) in [5, 5.41) is 2.98. The number of ether oxygens (including phenoxy) is 1. The SMILES string of the molecule is Cc1cccc(OCC(=O)N[C@H](C)c2ccc(C)cc2C)c1. The number of amides is 1. The van der Waals surface area contributed by atoms with Gasteiger partial charge in [-0.15, -0.1) is 0 Å². The zero-order valence-electron chi connectivity index (χ0n) is 13.6. The van der Waals surface area contributed by atoms with E-state index < -0.39 is 0 Å². The first-order valence-corrected chi connectivity index (χ1v) is 7.51. The van der Waals surface area contributed by atoms with E-state index in [0.717, 1.165) is 11.1 Å². The number of carbonyl (C=O) groups is 1. The maximum Gasteiger partial charge on any atom is 0.258 e. The summed E-state index contributed by atoms with van der Waals surface area (Å²) in [6, 6.07) is 13.9. The van der Waals surface area contributed by atoms with Gasteiger partial charge in [0.2, 0.25) is 0 Å². The minimum absolute atomic E-state index is 0.0265. The van der Waals surface area contributed by atoms with Crippen LogP contribution in [0, 0.1) is 20.8 Å². The second-order valence-electron chi connectivity index (χ2n) is 5.75. The fourth-order valence-corrected chi connectivity index (χ4v) is 2.53. The third-order valence-corrected chi connectivity index (χ3v) is 3.63. The van der Waals surface area contributed by atoms with Crippen molar-refractivity contribution in [3.8, 4) is 5.75 Å². The van der Waals surface area contributed by atoms with Crippen molar-refractivity contribution in [2.24, 2.45) is 0 Å². The minimum atomic E-state index is -0.117. The van der Waals surface area contributed by atoms with Gasteiger partial charge in [0.25, 0.3) is 5.91 Å². The second kappa shape index (κ2) is 7.12. The van der Waals surface area contributed by atoms with Crippen molar-refractivity contribution in [2.75, 3.05) is 6.61 Å². The van der Waals surface area contributed by atoms with E-state index in [1.54, 1.807) is 0 Å². The number of hydrogen-bond acceptors (Lipinski definition) is 2. The van der Waals surface area contributed by atoms with E-state index in [4.69, 9.17) is 4.74 Å². The summed E-state index contributed by atoms with van der Waals surface area (Å²) in [4.78, 5) is 12.0. The molecule has 0 heterocycles. The highest BCUT2D eigenvalue weighted by molar-refractivity contribution is 5.78. The summed E-state index contributed by atoms with van der Waals surface area (Å²) >= 11 is 0. The van der Waals surface area contributed by atoms with Crippen LogP contribution in [0.2, 0.25) is 0 Å². The molecule has 116 valence electrons. The Morgan fingerprint density at radius 3 is 2.50 bits per heavy atom. The first kappa shape index (κ1) is 16.1. The Labute approximate surface area is 132 Å². The van der Waals surface area contributed by atoms with Crippen LogP contribution in [0.25, 0.3) is 0 Å². The molecular formula is C19H23NO2. The molecule has 2 aromatic carbocycles. The first-order chi connectivity index (χ1) is 10.5. The van der Waals surface area contributed by atoms with Crippen molar-refractivity contribution in [3.63, 3.8) is 0 Å². The quantitative estimate of drug-likeness (QED) is 0.910. The molecule has 1 amide bonds. The van der Waals surface area contributed by atoms with Gasteiger partial charge in [0.15, 0.2) is 6.61 Å². The van der Waals surface area contributed by atoms with Gasteiger partial charge in [-0.25, -0.2) is 0 Å². The van der Waals surface area contributed by atoms with E-state index >= 15 is 0 Å². The van der Waals surface area contributed by atoms with Crippen molar-refractivity contribution in [1.82, 2.24) is 5.32 Å². The monoisotopic (exact) mass is 297 g/mol. The maximum atomic E-state index is 12.0. The molecule has 0 unspecified atom stereocenters. The second-order valence-corrected chi connectivity index (χ2v) is 5.75. The molecule has 1 N–H and O–H groups in total. The van der Waals surface area contributed by atoms with E-state index in [0.29, 0.717) is 5.75 Å². The molecule has 0 saturated carbocycles. The number of hydrogen-bond donors (Lipinski definition) is 1. The highest BCUT2D eigenvalue weighted by Crippen LogP contribution is 2.18. The van der Waals surface area contributed by atoms with Crippen LogP contribution in [0.3, 0.4) is 0 Å².